The maximum absolute atomic E-state index is 12.2. The maximum atomic E-state index is 12.2. The van der Waals surface area contributed by atoms with E-state index in [9.17, 15) is 4.79 Å². The number of carbonyl (C=O) groups excluding carboxylic acids is 1. The van der Waals surface area contributed by atoms with Crippen molar-refractivity contribution in [1.29, 1.82) is 0 Å². The fourth-order valence-electron chi connectivity index (χ4n) is 2.01. The van der Waals surface area contributed by atoms with Gasteiger partial charge in [-0.2, -0.15) is 0 Å². The van der Waals surface area contributed by atoms with Crippen molar-refractivity contribution < 1.29 is 4.79 Å². The highest BCUT2D eigenvalue weighted by Gasteiger charge is 2.44. The minimum atomic E-state index is -0.355. The molecule has 2 unspecified atom stereocenters. The average Bonchev–Trinajstić information content (AvgIpc) is 2.48. The summed E-state index contributed by atoms with van der Waals surface area (Å²) in [4.78, 5) is 12.2. The van der Waals surface area contributed by atoms with Crippen LogP contribution in [0.25, 0.3) is 0 Å². The number of hydrogen-bond acceptors (Lipinski definition) is 2. The molecule has 1 amide bonds. The molecule has 1 aliphatic rings. The highest BCUT2D eigenvalue weighted by atomic mass is 16.2. The minimum Gasteiger partial charge on any atom is -0.351 e. The number of nitrogens with one attached hydrogen (secondary N) is 1. The molecule has 0 radical (unpaired) electrons. The zero-order chi connectivity index (χ0) is 11.7. The van der Waals surface area contributed by atoms with Gasteiger partial charge in [-0.3, -0.25) is 4.79 Å². The number of carbonyl (C=O) groups is 1. The first-order valence-electron chi connectivity index (χ1n) is 5.90. The second-order valence-electron chi connectivity index (χ2n) is 5.61. The van der Waals surface area contributed by atoms with Crippen LogP contribution in [0.5, 0.6) is 0 Å². The SMILES string of the molecule is CCC(C)(C)NC(=O)C1(C)CCCC1N. The monoisotopic (exact) mass is 212 g/mol. The third-order valence-electron chi connectivity index (χ3n) is 3.88. The fraction of sp³-hybridized carbons (Fsp3) is 0.917. The van der Waals surface area contributed by atoms with Gasteiger partial charge in [-0.15, -0.1) is 0 Å². The summed E-state index contributed by atoms with van der Waals surface area (Å²) < 4.78 is 0. The number of hydrogen-bond donors (Lipinski definition) is 2. The van der Waals surface area contributed by atoms with Crippen LogP contribution in [0.2, 0.25) is 0 Å². The Bertz CT molecular complexity index is 250. The summed E-state index contributed by atoms with van der Waals surface area (Å²) in [5.41, 5.74) is 5.54. The second-order valence-corrected chi connectivity index (χ2v) is 5.61. The van der Waals surface area contributed by atoms with Crippen molar-refractivity contribution in [2.24, 2.45) is 11.1 Å². The van der Waals surface area contributed by atoms with E-state index in [1.807, 2.05) is 6.92 Å². The summed E-state index contributed by atoms with van der Waals surface area (Å²) in [5, 5.41) is 3.10. The van der Waals surface area contributed by atoms with Crippen LogP contribution in [0.1, 0.15) is 53.4 Å². The molecule has 15 heavy (non-hydrogen) atoms. The molecule has 0 aromatic heterocycles. The van der Waals surface area contributed by atoms with Crippen LogP contribution in [-0.2, 0) is 4.79 Å². The van der Waals surface area contributed by atoms with Crippen LogP contribution < -0.4 is 11.1 Å². The molecule has 2 atom stereocenters. The molecule has 0 aromatic rings. The van der Waals surface area contributed by atoms with Gasteiger partial charge < -0.3 is 11.1 Å². The Morgan fingerprint density at radius 2 is 2.20 bits per heavy atom. The van der Waals surface area contributed by atoms with E-state index in [0.717, 1.165) is 25.7 Å². The van der Waals surface area contributed by atoms with Gasteiger partial charge in [0.1, 0.15) is 0 Å². The van der Waals surface area contributed by atoms with E-state index in [1.54, 1.807) is 0 Å². The van der Waals surface area contributed by atoms with Crippen molar-refractivity contribution in [3.63, 3.8) is 0 Å². The van der Waals surface area contributed by atoms with Crippen LogP contribution in [0.15, 0.2) is 0 Å². The van der Waals surface area contributed by atoms with Crippen LogP contribution >= 0.6 is 0 Å². The molecule has 0 saturated heterocycles. The van der Waals surface area contributed by atoms with Crippen molar-refractivity contribution in [3.05, 3.63) is 0 Å². The molecule has 3 N–H and O–H groups in total. The summed E-state index contributed by atoms with van der Waals surface area (Å²) in [6.45, 7) is 8.17. The van der Waals surface area contributed by atoms with Gasteiger partial charge in [0.2, 0.25) is 5.91 Å². The molecule has 3 heteroatoms. The zero-order valence-electron chi connectivity index (χ0n) is 10.4. The Morgan fingerprint density at radius 1 is 1.60 bits per heavy atom. The lowest BCUT2D eigenvalue weighted by atomic mass is 9.83. The van der Waals surface area contributed by atoms with Gasteiger partial charge in [0, 0.05) is 11.6 Å². The van der Waals surface area contributed by atoms with Crippen molar-refractivity contribution in [3.8, 4) is 0 Å². The lowest BCUT2D eigenvalue weighted by Crippen LogP contribution is -2.53. The fourth-order valence-corrected chi connectivity index (χ4v) is 2.01. The predicted molar refractivity (Wildman–Crippen MR) is 62.4 cm³/mol. The van der Waals surface area contributed by atoms with E-state index < -0.39 is 0 Å². The van der Waals surface area contributed by atoms with Gasteiger partial charge in [0.15, 0.2) is 0 Å². The standard InChI is InChI=1S/C12H24N2O/c1-5-11(2,3)14-10(15)12(4)8-6-7-9(12)13/h9H,5-8,13H2,1-4H3,(H,14,15). The largest absolute Gasteiger partial charge is 0.351 e. The predicted octanol–water partition coefficient (Wildman–Crippen LogP) is 1.81. The Morgan fingerprint density at radius 3 is 2.60 bits per heavy atom. The van der Waals surface area contributed by atoms with Crippen molar-refractivity contribution in [2.75, 3.05) is 0 Å². The van der Waals surface area contributed by atoms with Crippen LogP contribution in [-0.4, -0.2) is 17.5 Å². The summed E-state index contributed by atoms with van der Waals surface area (Å²) in [6.07, 6.45) is 3.89. The first-order valence-corrected chi connectivity index (χ1v) is 5.90. The maximum Gasteiger partial charge on any atom is 0.227 e. The zero-order valence-corrected chi connectivity index (χ0v) is 10.4. The highest BCUT2D eigenvalue weighted by molar-refractivity contribution is 5.84. The Labute approximate surface area is 92.8 Å². The lowest BCUT2D eigenvalue weighted by Gasteiger charge is -2.33. The molecule has 1 aliphatic carbocycles. The Kier molecular flexibility index (Phi) is 3.44. The van der Waals surface area contributed by atoms with E-state index in [4.69, 9.17) is 5.73 Å². The van der Waals surface area contributed by atoms with E-state index in [1.165, 1.54) is 0 Å². The molecular weight excluding hydrogens is 188 g/mol. The molecular formula is C12H24N2O. The van der Waals surface area contributed by atoms with Crippen LogP contribution in [0, 0.1) is 5.41 Å². The number of amides is 1. The smallest absolute Gasteiger partial charge is 0.227 e. The van der Waals surface area contributed by atoms with Gasteiger partial charge in [-0.05, 0) is 40.0 Å². The molecule has 0 spiro atoms. The summed E-state index contributed by atoms with van der Waals surface area (Å²) >= 11 is 0. The number of rotatable bonds is 3. The Balaban J connectivity index is 2.68. The summed E-state index contributed by atoms with van der Waals surface area (Å²) in [5.74, 6) is 0.124. The topological polar surface area (TPSA) is 55.1 Å². The van der Waals surface area contributed by atoms with Crippen molar-refractivity contribution in [2.45, 2.75) is 65.0 Å². The van der Waals surface area contributed by atoms with Gasteiger partial charge in [0.05, 0.1) is 5.41 Å². The number of nitrogens with two attached hydrogens (primary N) is 1. The third-order valence-corrected chi connectivity index (χ3v) is 3.88. The first-order chi connectivity index (χ1) is 6.82. The molecule has 0 aliphatic heterocycles. The van der Waals surface area contributed by atoms with Crippen LogP contribution in [0.4, 0.5) is 0 Å². The van der Waals surface area contributed by atoms with Gasteiger partial charge in [-0.25, -0.2) is 0 Å². The van der Waals surface area contributed by atoms with E-state index in [-0.39, 0.29) is 22.9 Å². The third kappa shape index (κ3) is 2.51. The summed E-state index contributed by atoms with van der Waals surface area (Å²) in [7, 11) is 0. The lowest BCUT2D eigenvalue weighted by molar-refractivity contribution is -0.132. The molecule has 1 saturated carbocycles. The van der Waals surface area contributed by atoms with Gasteiger partial charge in [0.25, 0.3) is 0 Å². The van der Waals surface area contributed by atoms with Gasteiger partial charge in [-0.1, -0.05) is 13.3 Å². The molecule has 3 nitrogen and oxygen atoms in total. The van der Waals surface area contributed by atoms with E-state index in [0.29, 0.717) is 0 Å². The van der Waals surface area contributed by atoms with Crippen LogP contribution in [0.3, 0.4) is 0 Å². The molecule has 0 bridgehead atoms. The van der Waals surface area contributed by atoms with Crippen molar-refractivity contribution >= 4 is 5.91 Å². The first kappa shape index (κ1) is 12.5. The average molecular weight is 212 g/mol. The molecule has 0 heterocycles. The second kappa shape index (κ2) is 4.12. The normalized spacial score (nSPS) is 31.7. The van der Waals surface area contributed by atoms with E-state index in [2.05, 4.69) is 26.1 Å². The molecule has 1 fully saturated rings. The molecule has 1 rings (SSSR count). The quantitative estimate of drug-likeness (QED) is 0.749. The summed E-state index contributed by atoms with van der Waals surface area (Å²) in [6, 6.07) is 0.0187. The van der Waals surface area contributed by atoms with Gasteiger partial charge >= 0.3 is 0 Å². The van der Waals surface area contributed by atoms with Crippen molar-refractivity contribution in [1.82, 2.24) is 5.32 Å². The Hall–Kier alpha value is -0.570. The highest BCUT2D eigenvalue weighted by Crippen LogP contribution is 2.37. The minimum absolute atomic E-state index is 0.0187. The van der Waals surface area contributed by atoms with E-state index >= 15 is 0 Å². The molecule has 0 aromatic carbocycles. The molecule has 88 valence electrons.